The molecule has 0 bridgehead atoms. The SMILES string of the molecule is CN(C)P(=O)(Cl)OC[C@@H]1CN(C(c2ccccc2)(c2ccccc2)c2ccccc2)C[C@H](n2cnc3c(NCc4ccc(OC(=O)C(C)(C)C)cc4)nc(NC(=O)Cc4ccccc4)nc32)O1. The van der Waals surface area contributed by atoms with Crippen LogP contribution in [-0.4, -0.2) is 80.9 Å². The maximum atomic E-state index is 13.6. The van der Waals surface area contributed by atoms with E-state index in [9.17, 15) is 14.2 Å². The molecule has 346 valence electrons. The number of rotatable bonds is 16. The molecule has 3 heterocycles. The fraction of sp³-hybridized carbons (Fsp3) is 0.275. The van der Waals surface area contributed by atoms with Crippen molar-refractivity contribution in [3.05, 3.63) is 180 Å². The summed E-state index contributed by atoms with van der Waals surface area (Å²) >= 11 is 6.46. The summed E-state index contributed by atoms with van der Waals surface area (Å²) < 4.78 is 35.1. The van der Waals surface area contributed by atoms with Crippen molar-refractivity contribution in [1.29, 1.82) is 0 Å². The normalized spacial score (nSPS) is 16.6. The number of benzene rings is 5. The number of carbonyl (C=O) groups excluding carboxylic acids is 2. The molecular weight excluding hydrogens is 887 g/mol. The fourth-order valence-corrected chi connectivity index (χ4v) is 8.84. The number of hydrogen-bond acceptors (Lipinski definition) is 11. The summed E-state index contributed by atoms with van der Waals surface area (Å²) in [4.78, 5) is 43.0. The Bertz CT molecular complexity index is 2730. The molecule has 1 saturated heterocycles. The van der Waals surface area contributed by atoms with Gasteiger partial charge < -0.3 is 19.3 Å². The minimum absolute atomic E-state index is 0.0657. The summed E-state index contributed by atoms with van der Waals surface area (Å²) in [6, 6.07) is 47.6. The lowest BCUT2D eigenvalue weighted by atomic mass is 9.75. The zero-order valence-corrected chi connectivity index (χ0v) is 39.7. The molecule has 0 saturated carbocycles. The van der Waals surface area contributed by atoms with Crippen LogP contribution in [0.2, 0.25) is 0 Å². The average molecular weight is 941 g/mol. The molecule has 0 spiro atoms. The van der Waals surface area contributed by atoms with Crippen LogP contribution in [0.1, 0.15) is 54.8 Å². The minimum atomic E-state index is -3.69. The highest BCUT2D eigenvalue weighted by atomic mass is 35.7. The van der Waals surface area contributed by atoms with Crippen LogP contribution in [0.3, 0.4) is 0 Å². The molecular formula is C51H54ClN8O6P. The number of ether oxygens (including phenoxy) is 2. The van der Waals surface area contributed by atoms with E-state index in [0.717, 1.165) is 27.8 Å². The fourth-order valence-electron chi connectivity index (χ4n) is 8.09. The molecule has 5 aromatic carbocycles. The zero-order chi connectivity index (χ0) is 47.2. The first-order valence-electron chi connectivity index (χ1n) is 22.0. The molecule has 8 rings (SSSR count). The highest BCUT2D eigenvalue weighted by Gasteiger charge is 2.47. The predicted octanol–water partition coefficient (Wildman–Crippen LogP) is 9.69. The second-order valence-corrected chi connectivity index (χ2v) is 20.8. The van der Waals surface area contributed by atoms with Gasteiger partial charge in [0.1, 0.15) is 12.0 Å². The van der Waals surface area contributed by atoms with Crippen LogP contribution >= 0.6 is 18.1 Å². The lowest BCUT2D eigenvalue weighted by Gasteiger charge is -2.50. The van der Waals surface area contributed by atoms with Gasteiger partial charge in [0.2, 0.25) is 11.9 Å². The van der Waals surface area contributed by atoms with Crippen LogP contribution in [0.4, 0.5) is 11.8 Å². The van der Waals surface area contributed by atoms with E-state index in [1.807, 2.05) is 102 Å². The highest BCUT2D eigenvalue weighted by Crippen LogP contribution is 2.54. The number of imidazole rings is 1. The van der Waals surface area contributed by atoms with Crippen molar-refractivity contribution in [2.75, 3.05) is 44.4 Å². The maximum absolute atomic E-state index is 13.6. The third-order valence-corrected chi connectivity index (χ3v) is 14.1. The minimum Gasteiger partial charge on any atom is -0.426 e. The maximum Gasteiger partial charge on any atom is 0.362 e. The van der Waals surface area contributed by atoms with Crippen LogP contribution < -0.4 is 15.4 Å². The van der Waals surface area contributed by atoms with Crippen molar-refractivity contribution in [2.24, 2.45) is 5.41 Å². The van der Waals surface area contributed by atoms with Gasteiger partial charge in [-0.05, 0) is 86.1 Å². The van der Waals surface area contributed by atoms with E-state index in [-0.39, 0.29) is 30.9 Å². The molecule has 14 nitrogen and oxygen atoms in total. The second kappa shape index (κ2) is 20.3. The Morgan fingerprint density at radius 3 is 1.91 bits per heavy atom. The Balaban J connectivity index is 1.21. The number of esters is 1. The van der Waals surface area contributed by atoms with Gasteiger partial charge in [-0.1, -0.05) is 133 Å². The Hall–Kier alpha value is -6.25. The Kier molecular flexibility index (Phi) is 14.3. The van der Waals surface area contributed by atoms with Gasteiger partial charge in [-0.2, -0.15) is 9.97 Å². The molecule has 1 amide bonds. The van der Waals surface area contributed by atoms with Gasteiger partial charge in [-0.15, -0.1) is 0 Å². The van der Waals surface area contributed by atoms with E-state index in [1.54, 1.807) is 53.3 Å². The lowest BCUT2D eigenvalue weighted by molar-refractivity contribution is -0.145. The van der Waals surface area contributed by atoms with Gasteiger partial charge in [-0.25, -0.2) is 9.65 Å². The highest BCUT2D eigenvalue weighted by molar-refractivity contribution is 7.83. The Morgan fingerprint density at radius 1 is 0.791 bits per heavy atom. The summed E-state index contributed by atoms with van der Waals surface area (Å²) in [5, 5.41) is 6.33. The molecule has 3 atom stereocenters. The number of morpholine rings is 1. The van der Waals surface area contributed by atoms with E-state index in [0.29, 0.717) is 42.4 Å². The van der Waals surface area contributed by atoms with Crippen LogP contribution in [0.25, 0.3) is 11.2 Å². The average Bonchev–Trinajstić information content (AvgIpc) is 3.76. The smallest absolute Gasteiger partial charge is 0.362 e. The molecule has 1 fully saturated rings. The first kappa shape index (κ1) is 47.3. The lowest BCUT2D eigenvalue weighted by Crippen LogP contribution is -2.57. The van der Waals surface area contributed by atoms with Crippen LogP contribution in [0.15, 0.2) is 152 Å². The number of carbonyl (C=O) groups is 2. The van der Waals surface area contributed by atoms with Gasteiger partial charge >= 0.3 is 12.8 Å². The monoisotopic (exact) mass is 940 g/mol. The van der Waals surface area contributed by atoms with Crippen molar-refractivity contribution in [1.82, 2.24) is 29.1 Å². The van der Waals surface area contributed by atoms with Crippen LogP contribution in [-0.2, 0) is 41.9 Å². The number of halogens is 1. The van der Waals surface area contributed by atoms with Gasteiger partial charge in [0, 0.05) is 19.6 Å². The van der Waals surface area contributed by atoms with Crippen molar-refractivity contribution in [3.63, 3.8) is 0 Å². The van der Waals surface area contributed by atoms with Gasteiger partial charge in [0.25, 0.3) is 0 Å². The third-order valence-electron chi connectivity index (χ3n) is 11.5. The number of anilines is 2. The largest absolute Gasteiger partial charge is 0.426 e. The number of nitrogens with one attached hydrogen (secondary N) is 2. The Morgan fingerprint density at radius 2 is 1.36 bits per heavy atom. The van der Waals surface area contributed by atoms with Gasteiger partial charge in [0.05, 0.1) is 36.4 Å². The summed E-state index contributed by atoms with van der Waals surface area (Å²) in [6.45, 7) is 2.61. The van der Waals surface area contributed by atoms with Crippen molar-refractivity contribution in [3.8, 4) is 5.75 Å². The number of aromatic nitrogens is 4. The first-order valence-corrected chi connectivity index (χ1v) is 24.5. The molecule has 1 aliphatic heterocycles. The van der Waals surface area contributed by atoms with Gasteiger partial charge in [-0.3, -0.25) is 28.9 Å². The molecule has 16 heteroatoms. The summed E-state index contributed by atoms with van der Waals surface area (Å²) in [5.41, 5.74) is 4.10. The first-order chi connectivity index (χ1) is 32.2. The molecule has 0 radical (unpaired) electrons. The van der Waals surface area contributed by atoms with E-state index < -0.39 is 30.2 Å². The van der Waals surface area contributed by atoms with Crippen LogP contribution in [0, 0.1) is 5.41 Å². The second-order valence-electron chi connectivity index (χ2n) is 17.6. The zero-order valence-electron chi connectivity index (χ0n) is 38.1. The van der Waals surface area contributed by atoms with Crippen LogP contribution in [0.5, 0.6) is 5.75 Å². The van der Waals surface area contributed by atoms with Crippen molar-refractivity contribution < 1.29 is 28.2 Å². The summed E-state index contributed by atoms with van der Waals surface area (Å²) in [5.74, 6) is 0.241. The molecule has 1 unspecified atom stereocenters. The quantitative estimate of drug-likeness (QED) is 0.0411. The van der Waals surface area contributed by atoms with E-state index in [2.05, 4.69) is 51.9 Å². The molecule has 1 aliphatic rings. The number of amides is 1. The van der Waals surface area contributed by atoms with E-state index in [1.165, 1.54) is 4.67 Å². The number of nitrogens with zero attached hydrogens (tertiary/aromatic N) is 6. The number of hydrogen-bond donors (Lipinski definition) is 2. The molecule has 67 heavy (non-hydrogen) atoms. The standard InChI is InChI=1S/C51H54ClN8O6P/c1-50(2,3)48(62)66-41-28-26-37(27-29-41)31-53-46-45-47(57-49(56-46)55-43(61)30-36-18-10-6-11-19-36)60(35-54-45)44-33-59(32-42(65-44)34-64-67(52,63)58(4)5)51(38-20-12-7-13-21-38,39-22-14-8-15-23-39)40-24-16-9-17-25-40/h6-29,35,42,44H,30-34H2,1-5H3,(H2,53,55,56,57,61)/t42-,44+,67?/m0/s1. The van der Waals surface area contributed by atoms with Crippen molar-refractivity contribution in [2.45, 2.75) is 51.6 Å². The van der Waals surface area contributed by atoms with Crippen molar-refractivity contribution >= 4 is 52.9 Å². The van der Waals surface area contributed by atoms with E-state index in [4.69, 9.17) is 40.2 Å². The summed E-state index contributed by atoms with van der Waals surface area (Å²) in [6.07, 6.45) is 0.354. The molecule has 2 N–H and O–H groups in total. The molecule has 2 aromatic heterocycles. The summed E-state index contributed by atoms with van der Waals surface area (Å²) in [7, 11) is 3.21. The predicted molar refractivity (Wildman–Crippen MR) is 261 cm³/mol. The molecule has 0 aliphatic carbocycles. The van der Waals surface area contributed by atoms with E-state index >= 15 is 0 Å². The third kappa shape index (κ3) is 10.8. The van der Waals surface area contributed by atoms with Gasteiger partial charge in [0.15, 0.2) is 17.0 Å². The number of fused-ring (bicyclic) bond motifs is 1. The molecule has 7 aromatic rings. The topological polar surface area (TPSA) is 153 Å². The Labute approximate surface area is 395 Å².